The molecule has 3 heteroatoms. The Morgan fingerprint density at radius 1 is 1.09 bits per heavy atom. The van der Waals surface area contributed by atoms with Crippen LogP contribution in [0, 0.1) is 5.41 Å². The first-order valence-electron chi connectivity index (χ1n) is 8.15. The molecule has 0 aliphatic heterocycles. The van der Waals surface area contributed by atoms with Crippen molar-refractivity contribution in [3.8, 4) is 0 Å². The molecule has 1 aliphatic carbocycles. The summed E-state index contributed by atoms with van der Waals surface area (Å²) < 4.78 is 5.42. The van der Waals surface area contributed by atoms with Crippen LogP contribution in [0.5, 0.6) is 0 Å². The second-order valence-electron chi connectivity index (χ2n) is 6.32. The van der Waals surface area contributed by atoms with Crippen molar-refractivity contribution in [3.05, 3.63) is 71.8 Å². The fourth-order valence-corrected chi connectivity index (χ4v) is 3.77. The molecular weight excluding hydrogens is 286 g/mol. The van der Waals surface area contributed by atoms with Crippen LogP contribution in [0.4, 0.5) is 0 Å². The molecule has 3 nitrogen and oxygen atoms in total. The molecule has 0 spiro atoms. The number of carbonyl (C=O) groups excluding carboxylic acids is 1. The fourth-order valence-electron chi connectivity index (χ4n) is 3.77. The van der Waals surface area contributed by atoms with E-state index in [4.69, 9.17) is 10.5 Å². The van der Waals surface area contributed by atoms with Crippen molar-refractivity contribution in [3.63, 3.8) is 0 Å². The van der Waals surface area contributed by atoms with Crippen LogP contribution in [0.2, 0.25) is 0 Å². The molecule has 0 saturated heterocycles. The standard InChI is InChI=1S/C20H23NO2/c1-2-23-18(22)20(17-11-7-4-8-12-17)14-19(20,15-21)13-16-9-5-3-6-10-16/h3-12H,2,13-15,21H2,1H3. The first kappa shape index (κ1) is 15.8. The first-order chi connectivity index (χ1) is 11.2. The summed E-state index contributed by atoms with van der Waals surface area (Å²) in [4.78, 5) is 12.8. The highest BCUT2D eigenvalue weighted by molar-refractivity contribution is 5.89. The number of esters is 1. The number of hydrogen-bond donors (Lipinski definition) is 1. The lowest BCUT2D eigenvalue weighted by molar-refractivity contribution is -0.147. The Hall–Kier alpha value is -2.13. The zero-order chi connectivity index (χ0) is 16.3. The maximum absolute atomic E-state index is 12.8. The molecule has 2 aromatic rings. The van der Waals surface area contributed by atoms with Gasteiger partial charge in [0.15, 0.2) is 0 Å². The fraction of sp³-hybridized carbons (Fsp3) is 0.350. The van der Waals surface area contributed by atoms with Crippen LogP contribution in [0.15, 0.2) is 60.7 Å². The van der Waals surface area contributed by atoms with Crippen molar-refractivity contribution < 1.29 is 9.53 Å². The van der Waals surface area contributed by atoms with Gasteiger partial charge in [-0.2, -0.15) is 0 Å². The summed E-state index contributed by atoms with van der Waals surface area (Å²) in [6.07, 6.45) is 1.53. The molecule has 0 radical (unpaired) electrons. The lowest BCUT2D eigenvalue weighted by Crippen LogP contribution is -2.35. The lowest BCUT2D eigenvalue weighted by Gasteiger charge is -2.24. The van der Waals surface area contributed by atoms with Gasteiger partial charge in [0, 0.05) is 5.41 Å². The average Bonchev–Trinajstić information content (AvgIpc) is 3.27. The summed E-state index contributed by atoms with van der Waals surface area (Å²) in [5.74, 6) is -0.146. The van der Waals surface area contributed by atoms with E-state index in [9.17, 15) is 4.79 Å². The maximum Gasteiger partial charge on any atom is 0.317 e. The Balaban J connectivity index is 1.99. The van der Waals surface area contributed by atoms with E-state index in [0.717, 1.165) is 18.4 Å². The monoisotopic (exact) mass is 309 g/mol. The molecule has 2 atom stereocenters. The maximum atomic E-state index is 12.8. The predicted molar refractivity (Wildman–Crippen MR) is 91.0 cm³/mol. The van der Waals surface area contributed by atoms with Crippen LogP contribution in [0.3, 0.4) is 0 Å². The summed E-state index contributed by atoms with van der Waals surface area (Å²) in [5.41, 5.74) is 7.50. The molecule has 1 saturated carbocycles. The topological polar surface area (TPSA) is 52.3 Å². The van der Waals surface area contributed by atoms with Gasteiger partial charge in [-0.05, 0) is 37.4 Å². The Labute approximate surface area is 137 Å². The molecule has 3 rings (SSSR count). The molecule has 2 unspecified atom stereocenters. The van der Waals surface area contributed by atoms with E-state index in [1.54, 1.807) is 0 Å². The molecule has 1 aliphatic rings. The molecule has 0 amide bonds. The van der Waals surface area contributed by atoms with Gasteiger partial charge in [0.1, 0.15) is 5.41 Å². The van der Waals surface area contributed by atoms with Gasteiger partial charge in [0.25, 0.3) is 0 Å². The highest BCUT2D eigenvalue weighted by atomic mass is 16.5. The van der Waals surface area contributed by atoms with E-state index < -0.39 is 5.41 Å². The van der Waals surface area contributed by atoms with Crippen LogP contribution in [-0.2, 0) is 21.4 Å². The second-order valence-corrected chi connectivity index (χ2v) is 6.32. The number of hydrogen-bond acceptors (Lipinski definition) is 3. The molecule has 0 bridgehead atoms. The number of nitrogens with two attached hydrogens (primary N) is 1. The van der Waals surface area contributed by atoms with Gasteiger partial charge in [0.05, 0.1) is 6.61 Å². The Morgan fingerprint density at radius 2 is 1.70 bits per heavy atom. The highest BCUT2D eigenvalue weighted by Gasteiger charge is 2.72. The minimum Gasteiger partial charge on any atom is -0.465 e. The lowest BCUT2D eigenvalue weighted by atomic mass is 9.82. The van der Waals surface area contributed by atoms with Crippen LogP contribution in [-0.4, -0.2) is 19.1 Å². The van der Waals surface area contributed by atoms with Crippen LogP contribution in [0.25, 0.3) is 0 Å². The van der Waals surface area contributed by atoms with Gasteiger partial charge in [-0.1, -0.05) is 60.7 Å². The van der Waals surface area contributed by atoms with Gasteiger partial charge in [-0.15, -0.1) is 0 Å². The minimum absolute atomic E-state index is 0.146. The third-order valence-corrected chi connectivity index (χ3v) is 5.05. The third kappa shape index (κ3) is 2.55. The smallest absolute Gasteiger partial charge is 0.317 e. The molecule has 1 fully saturated rings. The summed E-state index contributed by atoms with van der Waals surface area (Å²) in [5, 5.41) is 0. The Kier molecular flexibility index (Phi) is 4.22. The van der Waals surface area contributed by atoms with Gasteiger partial charge in [0.2, 0.25) is 0 Å². The molecule has 0 aromatic heterocycles. The summed E-state index contributed by atoms with van der Waals surface area (Å²) in [7, 11) is 0. The highest BCUT2D eigenvalue weighted by Crippen LogP contribution is 2.66. The molecule has 2 aromatic carbocycles. The van der Waals surface area contributed by atoms with Gasteiger partial charge in [-0.25, -0.2) is 0 Å². The normalized spacial score (nSPS) is 25.8. The third-order valence-electron chi connectivity index (χ3n) is 5.05. The second kappa shape index (κ2) is 6.17. The van der Waals surface area contributed by atoms with Gasteiger partial charge >= 0.3 is 5.97 Å². The van der Waals surface area contributed by atoms with Crippen molar-refractivity contribution in [2.24, 2.45) is 11.1 Å². The van der Waals surface area contributed by atoms with E-state index in [2.05, 4.69) is 12.1 Å². The predicted octanol–water partition coefficient (Wildman–Crippen LogP) is 3.08. The molecule has 120 valence electrons. The zero-order valence-corrected chi connectivity index (χ0v) is 13.5. The van der Waals surface area contributed by atoms with E-state index in [0.29, 0.717) is 13.2 Å². The van der Waals surface area contributed by atoms with Crippen molar-refractivity contribution in [2.75, 3.05) is 13.2 Å². The summed E-state index contributed by atoms with van der Waals surface area (Å²) in [6.45, 7) is 2.70. The van der Waals surface area contributed by atoms with Crippen LogP contribution < -0.4 is 5.73 Å². The quantitative estimate of drug-likeness (QED) is 0.834. The van der Waals surface area contributed by atoms with Crippen molar-refractivity contribution >= 4 is 5.97 Å². The SMILES string of the molecule is CCOC(=O)C1(c2ccccc2)CC1(CN)Cc1ccccc1. The van der Waals surface area contributed by atoms with Crippen LogP contribution in [0.1, 0.15) is 24.5 Å². The van der Waals surface area contributed by atoms with E-state index in [1.165, 1.54) is 5.56 Å². The Bertz CT molecular complexity index is 671. The van der Waals surface area contributed by atoms with Gasteiger partial charge in [-0.3, -0.25) is 4.79 Å². The molecule has 2 N–H and O–H groups in total. The largest absolute Gasteiger partial charge is 0.465 e. The minimum atomic E-state index is -0.616. The Morgan fingerprint density at radius 3 is 2.26 bits per heavy atom. The first-order valence-corrected chi connectivity index (χ1v) is 8.15. The average molecular weight is 309 g/mol. The molecule has 23 heavy (non-hydrogen) atoms. The molecular formula is C20H23NO2. The number of rotatable bonds is 6. The number of carbonyl (C=O) groups is 1. The van der Waals surface area contributed by atoms with E-state index >= 15 is 0 Å². The zero-order valence-electron chi connectivity index (χ0n) is 13.5. The van der Waals surface area contributed by atoms with Crippen molar-refractivity contribution in [1.82, 2.24) is 0 Å². The number of benzene rings is 2. The van der Waals surface area contributed by atoms with Gasteiger partial charge < -0.3 is 10.5 Å². The summed E-state index contributed by atoms with van der Waals surface area (Å²) >= 11 is 0. The molecule has 0 heterocycles. The summed E-state index contributed by atoms with van der Waals surface area (Å²) in [6, 6.07) is 20.2. The van der Waals surface area contributed by atoms with E-state index in [1.807, 2.05) is 55.5 Å². The van der Waals surface area contributed by atoms with E-state index in [-0.39, 0.29) is 11.4 Å². The van der Waals surface area contributed by atoms with Crippen LogP contribution >= 0.6 is 0 Å². The van der Waals surface area contributed by atoms with Crippen molar-refractivity contribution in [1.29, 1.82) is 0 Å². The van der Waals surface area contributed by atoms with Crippen molar-refractivity contribution in [2.45, 2.75) is 25.2 Å². The number of ether oxygens (including phenoxy) is 1.